The van der Waals surface area contributed by atoms with E-state index < -0.39 is 20.0 Å². The SMILES string of the molecule is CCCCCCCCCCCCCCCCCC/C=C/CC/C=C/C(O)C(COP(=O)([O-])OCC[N+](C)(C)C)NC(=O)CCCCCCCCCCCCCCCCCCCCCCCCCCCCCCCCCC. The van der Waals surface area contributed by atoms with Gasteiger partial charge in [-0.1, -0.05) is 334 Å². The van der Waals surface area contributed by atoms with Gasteiger partial charge in [0.15, 0.2) is 0 Å². The predicted molar refractivity (Wildman–Crippen MR) is 330 cm³/mol. The Morgan fingerprint density at radius 2 is 0.737 bits per heavy atom. The van der Waals surface area contributed by atoms with Crippen LogP contribution in [0.4, 0.5) is 0 Å². The third-order valence-corrected chi connectivity index (χ3v) is 16.6. The fraction of sp³-hybridized carbons (Fsp3) is 0.925. The first kappa shape index (κ1) is 75.0. The number of aliphatic hydroxyl groups is 1. The summed E-state index contributed by atoms with van der Waals surface area (Å²) in [6, 6.07) is -0.901. The van der Waals surface area contributed by atoms with Crippen LogP contribution in [0.2, 0.25) is 0 Å². The molecular weight excluding hydrogens is 960 g/mol. The first-order valence-electron chi connectivity index (χ1n) is 33.7. The summed E-state index contributed by atoms with van der Waals surface area (Å²) in [5.41, 5.74) is 0. The Morgan fingerprint density at radius 1 is 0.447 bits per heavy atom. The highest BCUT2D eigenvalue weighted by atomic mass is 31.2. The van der Waals surface area contributed by atoms with E-state index in [1.807, 2.05) is 27.2 Å². The number of phosphoric ester groups is 1. The molecule has 0 aromatic rings. The lowest BCUT2D eigenvalue weighted by Crippen LogP contribution is -2.45. The minimum atomic E-state index is -4.61. The van der Waals surface area contributed by atoms with Crippen LogP contribution < -0.4 is 10.2 Å². The van der Waals surface area contributed by atoms with Gasteiger partial charge in [0.05, 0.1) is 39.9 Å². The van der Waals surface area contributed by atoms with E-state index in [9.17, 15) is 19.4 Å². The lowest BCUT2D eigenvalue weighted by molar-refractivity contribution is -0.870. The Hall–Kier alpha value is -1.02. The minimum absolute atomic E-state index is 0.00350. The molecule has 3 atom stereocenters. The minimum Gasteiger partial charge on any atom is -0.756 e. The zero-order chi connectivity index (χ0) is 55.6. The van der Waals surface area contributed by atoms with Crippen LogP contribution in [0.3, 0.4) is 0 Å². The maximum Gasteiger partial charge on any atom is 0.268 e. The van der Waals surface area contributed by atoms with Crippen molar-refractivity contribution < 1.29 is 32.9 Å². The second-order valence-corrected chi connectivity index (χ2v) is 25.9. The molecule has 0 aliphatic heterocycles. The average Bonchev–Trinajstić information content (AvgIpc) is 3.38. The van der Waals surface area contributed by atoms with Crippen molar-refractivity contribution in [2.75, 3.05) is 40.9 Å². The molecule has 0 bridgehead atoms. The number of quaternary nitrogens is 1. The molecule has 0 spiro atoms. The number of likely N-dealkylation sites (N-methyl/N-ethyl adjacent to an activating group) is 1. The molecule has 0 aliphatic rings. The van der Waals surface area contributed by atoms with Gasteiger partial charge in [0.1, 0.15) is 13.2 Å². The van der Waals surface area contributed by atoms with Gasteiger partial charge in [-0.15, -0.1) is 0 Å². The van der Waals surface area contributed by atoms with Crippen LogP contribution in [0.15, 0.2) is 24.3 Å². The largest absolute Gasteiger partial charge is 0.756 e. The molecule has 452 valence electrons. The molecule has 0 aromatic heterocycles. The van der Waals surface area contributed by atoms with Gasteiger partial charge in [0.2, 0.25) is 5.91 Å². The molecule has 0 saturated heterocycles. The zero-order valence-electron chi connectivity index (χ0n) is 51.7. The normalized spacial score (nSPS) is 13.8. The number of carbonyl (C=O) groups excluding carboxylic acids is 1. The number of nitrogens with zero attached hydrogens (tertiary/aromatic N) is 1. The molecule has 9 heteroatoms. The number of phosphoric acid groups is 1. The van der Waals surface area contributed by atoms with E-state index in [1.165, 1.54) is 289 Å². The van der Waals surface area contributed by atoms with E-state index in [0.29, 0.717) is 17.4 Å². The van der Waals surface area contributed by atoms with E-state index in [1.54, 1.807) is 6.08 Å². The van der Waals surface area contributed by atoms with Gasteiger partial charge in [-0.25, -0.2) is 0 Å². The average molecular weight is 1090 g/mol. The standard InChI is InChI=1S/C67H133N2O6P/c1-6-8-10-12-14-16-18-20-22-24-26-28-30-31-32-33-34-35-36-37-38-39-41-43-45-47-49-51-53-55-57-59-61-67(71)68-65(64-75-76(72,73)74-63-62-69(3,4)5)66(70)60-58-56-54-52-50-48-46-44-42-40-29-27-25-23-21-19-17-15-13-11-9-7-2/h50,52,58,60,65-66,70H,6-49,51,53-57,59,61-64H2,1-5H3,(H-,68,71,72,73)/b52-50+,60-58+. The van der Waals surface area contributed by atoms with Gasteiger partial charge >= 0.3 is 0 Å². The molecular formula is C67H133N2O6P. The van der Waals surface area contributed by atoms with Gasteiger partial charge in [0, 0.05) is 6.42 Å². The van der Waals surface area contributed by atoms with Crippen LogP contribution in [0.1, 0.15) is 348 Å². The Balaban J connectivity index is 4.05. The summed E-state index contributed by atoms with van der Waals surface area (Å²) in [7, 11) is 1.26. The first-order chi connectivity index (χ1) is 37.0. The second kappa shape index (κ2) is 58.6. The van der Waals surface area contributed by atoms with Gasteiger partial charge in [0.25, 0.3) is 7.82 Å². The van der Waals surface area contributed by atoms with Gasteiger partial charge in [-0.05, 0) is 32.1 Å². The Bertz CT molecular complexity index is 1290. The van der Waals surface area contributed by atoms with E-state index >= 15 is 0 Å². The second-order valence-electron chi connectivity index (χ2n) is 24.5. The summed E-state index contributed by atoms with van der Waals surface area (Å²) in [6.45, 7) is 4.69. The van der Waals surface area contributed by atoms with Crippen LogP contribution in [0, 0.1) is 0 Å². The van der Waals surface area contributed by atoms with Crippen molar-refractivity contribution in [3.63, 3.8) is 0 Å². The highest BCUT2D eigenvalue weighted by Crippen LogP contribution is 2.38. The van der Waals surface area contributed by atoms with Gasteiger partial charge < -0.3 is 28.8 Å². The summed E-state index contributed by atoms with van der Waals surface area (Å²) in [5.74, 6) is -0.199. The molecule has 0 aliphatic carbocycles. The number of unbranched alkanes of at least 4 members (excludes halogenated alkanes) is 48. The molecule has 76 heavy (non-hydrogen) atoms. The summed E-state index contributed by atoms with van der Waals surface area (Å²) in [4.78, 5) is 25.6. The number of nitrogens with one attached hydrogen (secondary N) is 1. The summed E-state index contributed by atoms with van der Waals surface area (Å²) in [5, 5.41) is 13.9. The molecule has 0 fully saturated rings. The molecule has 0 saturated carbocycles. The number of hydrogen-bond acceptors (Lipinski definition) is 6. The van der Waals surface area contributed by atoms with Crippen molar-refractivity contribution in [2.24, 2.45) is 0 Å². The lowest BCUT2D eigenvalue weighted by Gasteiger charge is -2.29. The summed E-state index contributed by atoms with van der Waals surface area (Å²) >= 11 is 0. The molecule has 3 unspecified atom stereocenters. The van der Waals surface area contributed by atoms with Crippen LogP contribution >= 0.6 is 7.82 Å². The van der Waals surface area contributed by atoms with Crippen molar-refractivity contribution in [1.82, 2.24) is 5.32 Å². The fourth-order valence-electron chi connectivity index (χ4n) is 10.4. The molecule has 2 N–H and O–H groups in total. The van der Waals surface area contributed by atoms with E-state index in [0.717, 1.165) is 38.5 Å². The molecule has 8 nitrogen and oxygen atoms in total. The number of hydrogen-bond donors (Lipinski definition) is 2. The Labute approximate surface area is 474 Å². The maximum atomic E-state index is 13.0. The molecule has 1 amide bonds. The Morgan fingerprint density at radius 3 is 1.07 bits per heavy atom. The van der Waals surface area contributed by atoms with Gasteiger partial charge in [-0.3, -0.25) is 9.36 Å². The van der Waals surface area contributed by atoms with Crippen molar-refractivity contribution in [3.05, 3.63) is 24.3 Å². The maximum absolute atomic E-state index is 13.0. The number of amides is 1. The van der Waals surface area contributed by atoms with Crippen LogP contribution in [-0.4, -0.2) is 68.5 Å². The number of carbonyl (C=O) groups is 1. The van der Waals surface area contributed by atoms with Crippen molar-refractivity contribution in [1.29, 1.82) is 0 Å². The third-order valence-electron chi connectivity index (χ3n) is 15.7. The first-order valence-corrected chi connectivity index (χ1v) is 35.2. The third kappa shape index (κ3) is 60.6. The monoisotopic (exact) mass is 1090 g/mol. The number of rotatable bonds is 63. The molecule has 0 radical (unpaired) electrons. The van der Waals surface area contributed by atoms with Gasteiger partial charge in [-0.2, -0.15) is 0 Å². The quantitative estimate of drug-likeness (QED) is 0.0272. The summed E-state index contributed by atoms with van der Waals surface area (Å²) < 4.78 is 23.4. The molecule has 0 aromatic carbocycles. The van der Waals surface area contributed by atoms with Crippen molar-refractivity contribution in [2.45, 2.75) is 360 Å². The van der Waals surface area contributed by atoms with Crippen LogP contribution in [0.5, 0.6) is 0 Å². The predicted octanol–water partition coefficient (Wildman–Crippen LogP) is 20.5. The molecule has 0 heterocycles. The smallest absolute Gasteiger partial charge is 0.268 e. The fourth-order valence-corrected chi connectivity index (χ4v) is 11.1. The van der Waals surface area contributed by atoms with Crippen LogP contribution in [-0.2, 0) is 18.4 Å². The van der Waals surface area contributed by atoms with E-state index in [4.69, 9.17) is 9.05 Å². The van der Waals surface area contributed by atoms with Crippen molar-refractivity contribution in [3.8, 4) is 0 Å². The Kier molecular flexibility index (Phi) is 57.8. The number of aliphatic hydroxyl groups excluding tert-OH is 1. The van der Waals surface area contributed by atoms with Crippen LogP contribution in [0.25, 0.3) is 0 Å². The van der Waals surface area contributed by atoms with E-state index in [2.05, 4.69) is 31.3 Å². The molecule has 0 rings (SSSR count). The van der Waals surface area contributed by atoms with Crippen molar-refractivity contribution >= 4 is 13.7 Å². The zero-order valence-corrected chi connectivity index (χ0v) is 52.6. The number of allylic oxidation sites excluding steroid dienone is 3. The topological polar surface area (TPSA) is 108 Å². The van der Waals surface area contributed by atoms with E-state index in [-0.39, 0.29) is 19.1 Å². The summed E-state index contributed by atoms with van der Waals surface area (Å²) in [6.07, 6.45) is 75.9. The highest BCUT2D eigenvalue weighted by Gasteiger charge is 2.23. The lowest BCUT2D eigenvalue weighted by atomic mass is 10.0. The highest BCUT2D eigenvalue weighted by molar-refractivity contribution is 7.45.